The zero-order valence-electron chi connectivity index (χ0n) is 12.9. The Morgan fingerprint density at radius 2 is 1.70 bits per heavy atom. The van der Waals surface area contributed by atoms with Crippen molar-refractivity contribution in [2.75, 3.05) is 13.7 Å². The molecule has 0 saturated heterocycles. The number of hydrogen-bond donors (Lipinski definition) is 0. The number of rotatable bonds is 6. The third-order valence-corrected chi connectivity index (χ3v) is 3.22. The van der Waals surface area contributed by atoms with Crippen molar-refractivity contribution >= 4 is 18.0 Å². The minimum atomic E-state index is -0.391. The van der Waals surface area contributed by atoms with Gasteiger partial charge in [0, 0.05) is 12.5 Å². The molecule has 4 nitrogen and oxygen atoms in total. The zero-order valence-corrected chi connectivity index (χ0v) is 12.9. The molecule has 2 aromatic carbocycles. The summed E-state index contributed by atoms with van der Waals surface area (Å²) in [4.78, 5) is 23.0. The summed E-state index contributed by atoms with van der Waals surface area (Å²) < 4.78 is 9.77. The van der Waals surface area contributed by atoms with Crippen LogP contribution in [-0.4, -0.2) is 25.7 Å². The van der Waals surface area contributed by atoms with Crippen molar-refractivity contribution in [3.63, 3.8) is 0 Å². The van der Waals surface area contributed by atoms with Gasteiger partial charge in [-0.3, -0.25) is 0 Å². The Kier molecular flexibility index (Phi) is 6.12. The van der Waals surface area contributed by atoms with Crippen LogP contribution in [0.5, 0.6) is 0 Å². The quantitative estimate of drug-likeness (QED) is 0.607. The predicted octanol–water partition coefficient (Wildman–Crippen LogP) is 3.27. The van der Waals surface area contributed by atoms with Gasteiger partial charge in [0.05, 0.1) is 19.3 Å². The summed E-state index contributed by atoms with van der Waals surface area (Å²) in [6.45, 7) is 0.342. The maximum Gasteiger partial charge on any atom is 0.337 e. The molecule has 2 rings (SSSR count). The number of esters is 2. The van der Waals surface area contributed by atoms with Crippen LogP contribution in [0.15, 0.2) is 60.7 Å². The monoisotopic (exact) mass is 310 g/mol. The SMILES string of the molecule is COC(=O)c1ccc(C=CC(=O)OCCc2ccccc2)cc1. The van der Waals surface area contributed by atoms with Crippen molar-refractivity contribution in [3.8, 4) is 0 Å². The number of carbonyl (C=O) groups excluding carboxylic acids is 2. The van der Waals surface area contributed by atoms with E-state index in [-0.39, 0.29) is 5.97 Å². The lowest BCUT2D eigenvalue weighted by molar-refractivity contribution is -0.137. The Bertz CT molecular complexity index is 672. The second-order valence-electron chi connectivity index (χ2n) is 4.85. The van der Waals surface area contributed by atoms with Gasteiger partial charge in [-0.25, -0.2) is 9.59 Å². The Morgan fingerprint density at radius 1 is 1.00 bits per heavy atom. The molecule has 0 N–H and O–H groups in total. The van der Waals surface area contributed by atoms with Crippen molar-refractivity contribution in [1.82, 2.24) is 0 Å². The van der Waals surface area contributed by atoms with Gasteiger partial charge in [0.1, 0.15) is 0 Å². The van der Waals surface area contributed by atoms with Gasteiger partial charge in [0.15, 0.2) is 0 Å². The molecular formula is C19H18O4. The first-order chi connectivity index (χ1) is 11.2. The highest BCUT2D eigenvalue weighted by atomic mass is 16.5. The fourth-order valence-corrected chi connectivity index (χ4v) is 1.97. The van der Waals surface area contributed by atoms with Crippen LogP contribution < -0.4 is 0 Å². The van der Waals surface area contributed by atoms with Crippen LogP contribution in [0.1, 0.15) is 21.5 Å². The normalized spacial score (nSPS) is 10.5. The number of methoxy groups -OCH3 is 1. The first-order valence-corrected chi connectivity index (χ1v) is 7.26. The molecule has 0 fully saturated rings. The fraction of sp³-hybridized carbons (Fsp3) is 0.158. The lowest BCUT2D eigenvalue weighted by atomic mass is 10.1. The largest absolute Gasteiger partial charge is 0.465 e. The zero-order chi connectivity index (χ0) is 16.5. The Labute approximate surface area is 135 Å². The summed E-state index contributed by atoms with van der Waals surface area (Å²) in [6.07, 6.45) is 3.71. The molecule has 0 atom stereocenters. The van der Waals surface area contributed by atoms with E-state index in [9.17, 15) is 9.59 Å². The molecule has 0 amide bonds. The van der Waals surface area contributed by atoms with Gasteiger partial charge < -0.3 is 9.47 Å². The third kappa shape index (κ3) is 5.43. The lowest BCUT2D eigenvalue weighted by Gasteiger charge is -2.02. The Morgan fingerprint density at radius 3 is 2.35 bits per heavy atom. The van der Waals surface area contributed by atoms with Crippen LogP contribution in [0.25, 0.3) is 6.08 Å². The van der Waals surface area contributed by atoms with E-state index in [2.05, 4.69) is 4.74 Å². The average Bonchev–Trinajstić information content (AvgIpc) is 2.60. The number of carbonyl (C=O) groups is 2. The predicted molar refractivity (Wildman–Crippen MR) is 87.9 cm³/mol. The summed E-state index contributed by atoms with van der Waals surface area (Å²) >= 11 is 0. The molecule has 0 saturated carbocycles. The molecule has 0 aliphatic carbocycles. The minimum Gasteiger partial charge on any atom is -0.465 e. The first-order valence-electron chi connectivity index (χ1n) is 7.26. The molecule has 2 aromatic rings. The van der Waals surface area contributed by atoms with Crippen molar-refractivity contribution in [2.45, 2.75) is 6.42 Å². The van der Waals surface area contributed by atoms with Gasteiger partial charge in [-0.2, -0.15) is 0 Å². The summed E-state index contributed by atoms with van der Waals surface area (Å²) in [5.41, 5.74) is 2.40. The van der Waals surface area contributed by atoms with Gasteiger partial charge in [-0.1, -0.05) is 42.5 Å². The molecule has 0 unspecified atom stereocenters. The average molecular weight is 310 g/mol. The van der Waals surface area contributed by atoms with E-state index in [1.54, 1.807) is 30.3 Å². The molecule has 0 spiro atoms. The second kappa shape index (κ2) is 8.54. The summed E-state index contributed by atoms with van der Waals surface area (Å²) in [5, 5.41) is 0. The van der Waals surface area contributed by atoms with E-state index in [4.69, 9.17) is 4.74 Å². The minimum absolute atomic E-state index is 0.342. The Hall–Kier alpha value is -2.88. The first kappa shape index (κ1) is 16.5. The molecule has 0 aliphatic rings. The molecule has 0 aliphatic heterocycles. The topological polar surface area (TPSA) is 52.6 Å². The second-order valence-corrected chi connectivity index (χ2v) is 4.85. The van der Waals surface area contributed by atoms with Crippen LogP contribution in [0.4, 0.5) is 0 Å². The maximum absolute atomic E-state index is 11.6. The van der Waals surface area contributed by atoms with Gasteiger partial charge in [0.25, 0.3) is 0 Å². The lowest BCUT2D eigenvalue weighted by Crippen LogP contribution is -2.04. The summed E-state index contributed by atoms with van der Waals surface area (Å²) in [5.74, 6) is -0.779. The van der Waals surface area contributed by atoms with E-state index in [0.717, 1.165) is 11.1 Å². The molecule has 0 aromatic heterocycles. The smallest absolute Gasteiger partial charge is 0.337 e. The van der Waals surface area contributed by atoms with E-state index < -0.39 is 5.97 Å². The number of ether oxygens (including phenoxy) is 2. The fourth-order valence-electron chi connectivity index (χ4n) is 1.97. The molecule has 4 heteroatoms. The van der Waals surface area contributed by atoms with E-state index >= 15 is 0 Å². The van der Waals surface area contributed by atoms with E-state index in [0.29, 0.717) is 18.6 Å². The van der Waals surface area contributed by atoms with Gasteiger partial charge in [-0.15, -0.1) is 0 Å². The van der Waals surface area contributed by atoms with Gasteiger partial charge in [-0.05, 0) is 29.3 Å². The highest BCUT2D eigenvalue weighted by molar-refractivity contribution is 5.90. The molecular weight excluding hydrogens is 292 g/mol. The van der Waals surface area contributed by atoms with Gasteiger partial charge >= 0.3 is 11.9 Å². The number of hydrogen-bond acceptors (Lipinski definition) is 4. The molecule has 23 heavy (non-hydrogen) atoms. The van der Waals surface area contributed by atoms with Crippen LogP contribution in [0.2, 0.25) is 0 Å². The van der Waals surface area contributed by atoms with Gasteiger partial charge in [0.2, 0.25) is 0 Å². The van der Waals surface area contributed by atoms with Crippen LogP contribution >= 0.6 is 0 Å². The van der Waals surface area contributed by atoms with Crippen molar-refractivity contribution in [1.29, 1.82) is 0 Å². The highest BCUT2D eigenvalue weighted by Gasteiger charge is 2.03. The van der Waals surface area contributed by atoms with Crippen LogP contribution in [0.3, 0.4) is 0 Å². The molecule has 118 valence electrons. The van der Waals surface area contributed by atoms with Crippen molar-refractivity contribution < 1.29 is 19.1 Å². The van der Waals surface area contributed by atoms with Crippen LogP contribution in [-0.2, 0) is 20.7 Å². The van der Waals surface area contributed by atoms with E-state index in [1.807, 2.05) is 30.3 Å². The molecule has 0 radical (unpaired) electrons. The van der Waals surface area contributed by atoms with E-state index in [1.165, 1.54) is 13.2 Å². The maximum atomic E-state index is 11.6. The molecule has 0 bridgehead atoms. The highest BCUT2D eigenvalue weighted by Crippen LogP contribution is 2.07. The van der Waals surface area contributed by atoms with Crippen molar-refractivity contribution in [3.05, 3.63) is 77.4 Å². The van der Waals surface area contributed by atoms with Crippen LogP contribution in [0, 0.1) is 0 Å². The summed E-state index contributed by atoms with van der Waals surface area (Å²) in [6, 6.07) is 16.6. The molecule has 0 heterocycles. The Balaban J connectivity index is 1.80. The standard InChI is InChI=1S/C19H18O4/c1-22-19(21)17-10-7-16(8-11-17)9-12-18(20)23-14-13-15-5-3-2-4-6-15/h2-12H,13-14H2,1H3. The van der Waals surface area contributed by atoms with Crippen molar-refractivity contribution in [2.24, 2.45) is 0 Å². The third-order valence-electron chi connectivity index (χ3n) is 3.22. The number of benzene rings is 2. The summed E-state index contributed by atoms with van der Waals surface area (Å²) in [7, 11) is 1.33.